The Morgan fingerprint density at radius 2 is 1.52 bits per heavy atom. The maximum atomic E-state index is 12.9. The van der Waals surface area contributed by atoms with Crippen LogP contribution < -0.4 is 10.0 Å². The van der Waals surface area contributed by atoms with E-state index in [1.165, 1.54) is 43.6 Å². The van der Waals surface area contributed by atoms with Gasteiger partial charge in [-0.25, -0.2) is 23.1 Å². The van der Waals surface area contributed by atoms with Crippen molar-refractivity contribution >= 4 is 39.5 Å². The third-order valence-electron chi connectivity index (χ3n) is 4.81. The number of hydrogen-bond donors (Lipinski definition) is 2. The highest BCUT2D eigenvalue weighted by atomic mass is 32.2. The van der Waals surface area contributed by atoms with Gasteiger partial charge in [0, 0.05) is 37.3 Å². The van der Waals surface area contributed by atoms with Gasteiger partial charge in [0.1, 0.15) is 6.10 Å². The molecule has 33 heavy (non-hydrogen) atoms. The van der Waals surface area contributed by atoms with Crippen LogP contribution >= 0.6 is 0 Å². The van der Waals surface area contributed by atoms with E-state index in [1.807, 2.05) is 0 Å². The summed E-state index contributed by atoms with van der Waals surface area (Å²) in [5.41, 5.74) is -0.799. The average molecular weight is 479 g/mol. The molecule has 2 rings (SSSR count). The average Bonchev–Trinajstić information content (AvgIpc) is 2.72. The van der Waals surface area contributed by atoms with E-state index >= 15 is 0 Å². The van der Waals surface area contributed by atoms with Crippen LogP contribution in [0.5, 0.6) is 0 Å². The van der Waals surface area contributed by atoms with Crippen molar-refractivity contribution in [3.63, 3.8) is 0 Å². The number of anilines is 2. The number of amides is 1. The lowest BCUT2D eigenvalue weighted by Gasteiger charge is -2.36. The zero-order valence-electron chi connectivity index (χ0n) is 18.9. The standard InChI is InChI=1S/C21H26N4O7S/c1-13(31-14(2)26)21(4,5)18(32-15(3)27)19(28)24-16-7-9-17(10-8-16)33(29,30)25-20-22-11-6-12-23-20/h6-13,18H,1-5H3,(H,24,28)(H,22,23,25). The first-order valence-corrected chi connectivity index (χ1v) is 11.4. The number of rotatable bonds is 9. The molecule has 0 aliphatic heterocycles. The second-order valence-corrected chi connectivity index (χ2v) is 9.44. The number of sulfonamides is 1. The number of ether oxygens (including phenoxy) is 2. The number of carbonyl (C=O) groups is 3. The molecule has 2 aromatic rings. The Kier molecular flexibility index (Phi) is 8.09. The summed E-state index contributed by atoms with van der Waals surface area (Å²) in [5, 5.41) is 2.59. The summed E-state index contributed by atoms with van der Waals surface area (Å²) in [6.07, 6.45) is 0.758. The molecule has 0 aliphatic rings. The van der Waals surface area contributed by atoms with Crippen LogP contribution in [-0.4, -0.2) is 48.4 Å². The minimum absolute atomic E-state index is 0.0756. The topological polar surface area (TPSA) is 154 Å². The minimum atomic E-state index is -3.94. The smallest absolute Gasteiger partial charge is 0.303 e. The summed E-state index contributed by atoms with van der Waals surface area (Å²) in [6, 6.07) is 6.88. The number of esters is 2. The highest BCUT2D eigenvalue weighted by molar-refractivity contribution is 7.92. The Balaban J connectivity index is 2.19. The number of hydrogen-bond acceptors (Lipinski definition) is 9. The summed E-state index contributed by atoms with van der Waals surface area (Å²) in [5.74, 6) is -1.97. The highest BCUT2D eigenvalue weighted by Gasteiger charge is 2.44. The lowest BCUT2D eigenvalue weighted by Crippen LogP contribution is -2.49. The Bertz CT molecular complexity index is 1100. The van der Waals surface area contributed by atoms with E-state index in [9.17, 15) is 22.8 Å². The summed E-state index contributed by atoms with van der Waals surface area (Å²) in [4.78, 5) is 43.4. The molecule has 0 saturated carbocycles. The number of benzene rings is 1. The fourth-order valence-corrected chi connectivity index (χ4v) is 3.74. The van der Waals surface area contributed by atoms with Crippen LogP contribution in [0.25, 0.3) is 0 Å². The van der Waals surface area contributed by atoms with E-state index in [4.69, 9.17) is 9.47 Å². The summed E-state index contributed by atoms with van der Waals surface area (Å²) < 4.78 is 37.6. The van der Waals surface area contributed by atoms with E-state index < -0.39 is 45.5 Å². The van der Waals surface area contributed by atoms with Crippen molar-refractivity contribution in [1.82, 2.24) is 9.97 Å². The maximum Gasteiger partial charge on any atom is 0.303 e. The zero-order chi connectivity index (χ0) is 24.8. The van der Waals surface area contributed by atoms with E-state index in [-0.39, 0.29) is 16.5 Å². The first-order valence-electron chi connectivity index (χ1n) is 9.88. The van der Waals surface area contributed by atoms with E-state index in [0.29, 0.717) is 0 Å². The van der Waals surface area contributed by atoms with Gasteiger partial charge < -0.3 is 14.8 Å². The van der Waals surface area contributed by atoms with Crippen molar-refractivity contribution < 1.29 is 32.3 Å². The largest absolute Gasteiger partial charge is 0.462 e. The maximum absolute atomic E-state index is 12.9. The minimum Gasteiger partial charge on any atom is -0.462 e. The monoisotopic (exact) mass is 478 g/mol. The number of carbonyl (C=O) groups excluding carboxylic acids is 3. The third-order valence-corrected chi connectivity index (χ3v) is 6.16. The van der Waals surface area contributed by atoms with Crippen molar-refractivity contribution in [3.8, 4) is 0 Å². The van der Waals surface area contributed by atoms with Gasteiger partial charge in [-0.05, 0) is 37.3 Å². The zero-order valence-corrected chi connectivity index (χ0v) is 19.7. The Morgan fingerprint density at radius 3 is 2.03 bits per heavy atom. The Morgan fingerprint density at radius 1 is 0.970 bits per heavy atom. The predicted octanol–water partition coefficient (Wildman–Crippen LogP) is 2.13. The quantitative estimate of drug-likeness (QED) is 0.516. The molecule has 12 heteroatoms. The predicted molar refractivity (Wildman–Crippen MR) is 118 cm³/mol. The highest BCUT2D eigenvalue weighted by Crippen LogP contribution is 2.31. The van der Waals surface area contributed by atoms with Gasteiger partial charge in [0.2, 0.25) is 5.95 Å². The third kappa shape index (κ3) is 6.97. The molecule has 2 unspecified atom stereocenters. The molecule has 0 spiro atoms. The normalized spacial score (nSPS) is 13.4. The van der Waals surface area contributed by atoms with Crippen molar-refractivity contribution in [2.24, 2.45) is 5.41 Å². The first kappa shape index (κ1) is 25.7. The summed E-state index contributed by atoms with van der Waals surface area (Å²) in [6.45, 7) is 7.24. The van der Waals surface area contributed by atoms with Crippen LogP contribution in [0.2, 0.25) is 0 Å². The number of nitrogens with one attached hydrogen (secondary N) is 2. The van der Waals surface area contributed by atoms with Crippen LogP contribution in [0.1, 0.15) is 34.6 Å². The van der Waals surface area contributed by atoms with Crippen molar-refractivity contribution in [3.05, 3.63) is 42.7 Å². The molecule has 1 heterocycles. The van der Waals surface area contributed by atoms with Gasteiger partial charge >= 0.3 is 11.9 Å². The fourth-order valence-electron chi connectivity index (χ4n) is 2.78. The molecular weight excluding hydrogens is 452 g/mol. The molecule has 0 saturated heterocycles. The fraction of sp³-hybridized carbons (Fsp3) is 0.381. The molecule has 2 atom stereocenters. The molecule has 1 amide bonds. The Hall–Kier alpha value is -3.54. The van der Waals surface area contributed by atoms with Gasteiger partial charge in [0.05, 0.1) is 4.90 Å². The van der Waals surface area contributed by atoms with Crippen LogP contribution in [0.4, 0.5) is 11.6 Å². The van der Waals surface area contributed by atoms with Gasteiger partial charge in [0.25, 0.3) is 15.9 Å². The second kappa shape index (κ2) is 10.4. The number of nitrogens with zero attached hydrogens (tertiary/aromatic N) is 2. The van der Waals surface area contributed by atoms with Gasteiger partial charge in [-0.15, -0.1) is 0 Å². The SMILES string of the molecule is CC(=O)OC(C)C(C)(C)C(OC(C)=O)C(=O)Nc1ccc(S(=O)(=O)Nc2ncccn2)cc1. The molecule has 2 N–H and O–H groups in total. The first-order chi connectivity index (χ1) is 15.3. The van der Waals surface area contributed by atoms with E-state index in [1.54, 1.807) is 26.8 Å². The molecule has 0 fully saturated rings. The Labute approximate surface area is 192 Å². The lowest BCUT2D eigenvalue weighted by molar-refractivity contribution is -0.171. The molecule has 0 aliphatic carbocycles. The van der Waals surface area contributed by atoms with Crippen molar-refractivity contribution in [2.75, 3.05) is 10.0 Å². The van der Waals surface area contributed by atoms with Gasteiger partial charge in [-0.2, -0.15) is 0 Å². The van der Waals surface area contributed by atoms with Gasteiger partial charge in [0.15, 0.2) is 6.10 Å². The van der Waals surface area contributed by atoms with E-state index in [0.717, 1.165) is 6.92 Å². The number of aromatic nitrogens is 2. The van der Waals surface area contributed by atoms with Crippen molar-refractivity contribution in [1.29, 1.82) is 0 Å². The van der Waals surface area contributed by atoms with Crippen LogP contribution in [0.15, 0.2) is 47.6 Å². The summed E-state index contributed by atoms with van der Waals surface area (Å²) in [7, 11) is -3.94. The molecule has 178 valence electrons. The molecule has 1 aromatic heterocycles. The second-order valence-electron chi connectivity index (χ2n) is 7.75. The van der Waals surface area contributed by atoms with Gasteiger partial charge in [-0.1, -0.05) is 13.8 Å². The molecular formula is C21H26N4O7S. The molecule has 11 nitrogen and oxygen atoms in total. The lowest BCUT2D eigenvalue weighted by atomic mass is 9.80. The van der Waals surface area contributed by atoms with Crippen LogP contribution in [-0.2, 0) is 33.9 Å². The van der Waals surface area contributed by atoms with Crippen LogP contribution in [0, 0.1) is 5.41 Å². The van der Waals surface area contributed by atoms with Crippen LogP contribution in [0.3, 0.4) is 0 Å². The molecule has 1 aromatic carbocycles. The summed E-state index contributed by atoms with van der Waals surface area (Å²) >= 11 is 0. The molecule has 0 radical (unpaired) electrons. The van der Waals surface area contributed by atoms with Crippen molar-refractivity contribution in [2.45, 2.75) is 51.7 Å². The van der Waals surface area contributed by atoms with Gasteiger partial charge in [-0.3, -0.25) is 14.4 Å². The van der Waals surface area contributed by atoms with E-state index in [2.05, 4.69) is 20.0 Å². The molecule has 0 bridgehead atoms.